The number of benzene rings is 1. The molecule has 0 saturated carbocycles. The van der Waals surface area contributed by atoms with E-state index in [9.17, 15) is 29.1 Å². The van der Waals surface area contributed by atoms with Gasteiger partial charge in [-0.25, -0.2) is 4.79 Å². The van der Waals surface area contributed by atoms with Crippen molar-refractivity contribution in [3.63, 3.8) is 0 Å². The predicted octanol–water partition coefficient (Wildman–Crippen LogP) is 1.90. The van der Waals surface area contributed by atoms with Crippen LogP contribution in [0.15, 0.2) is 24.3 Å². The molecule has 0 aliphatic heterocycles. The summed E-state index contributed by atoms with van der Waals surface area (Å²) in [6.07, 6.45) is -0.383. The number of esters is 1. The normalized spacial score (nSPS) is 12.6. The van der Waals surface area contributed by atoms with Crippen LogP contribution in [0.2, 0.25) is 0 Å². The van der Waals surface area contributed by atoms with Gasteiger partial charge in [0.15, 0.2) is 0 Å². The number of ether oxygens (including phenoxy) is 2. The highest BCUT2D eigenvalue weighted by Gasteiger charge is 2.36. The lowest BCUT2D eigenvalue weighted by molar-refractivity contribution is -0.144. The highest BCUT2D eigenvalue weighted by atomic mass is 16.6. The van der Waals surface area contributed by atoms with Crippen LogP contribution in [-0.2, 0) is 28.7 Å². The maximum absolute atomic E-state index is 13.8. The molecule has 4 amide bonds. The summed E-state index contributed by atoms with van der Waals surface area (Å²) in [4.78, 5) is 64.4. The van der Waals surface area contributed by atoms with Crippen molar-refractivity contribution < 1.29 is 38.6 Å². The van der Waals surface area contributed by atoms with Crippen LogP contribution in [0.3, 0.4) is 0 Å². The lowest BCUT2D eigenvalue weighted by atomic mass is 10.0. The molecule has 0 heterocycles. The standard InChI is InChI=1S/C26H40N4O8/c1-6-8-14-30(24(35)19(16-20(27)32)29-25(36)38-26(3,4)5)22(17-10-9-11-18(31)15-17)23(34)28-13-12-21(33)37-7-2/h9-11,15,19,22,31H,6-8,12-14,16H2,1-5H3,(H2,27,32)(H,28,34)(H,29,36). The number of phenolic OH excluding ortho intramolecular Hbond substituents is 1. The van der Waals surface area contributed by atoms with Gasteiger partial charge in [-0.3, -0.25) is 19.2 Å². The van der Waals surface area contributed by atoms with Crippen molar-refractivity contribution in [2.24, 2.45) is 5.73 Å². The van der Waals surface area contributed by atoms with E-state index in [0.29, 0.717) is 12.8 Å². The Kier molecular flexibility index (Phi) is 13.1. The third kappa shape index (κ3) is 11.5. The molecule has 0 radical (unpaired) electrons. The molecular weight excluding hydrogens is 496 g/mol. The Bertz CT molecular complexity index is 976. The third-order valence-electron chi connectivity index (χ3n) is 5.11. The summed E-state index contributed by atoms with van der Waals surface area (Å²) >= 11 is 0. The first kappa shape index (κ1) is 32.2. The van der Waals surface area contributed by atoms with Crippen LogP contribution in [0.25, 0.3) is 0 Å². The van der Waals surface area contributed by atoms with Gasteiger partial charge in [0.1, 0.15) is 23.4 Å². The number of phenols is 1. The van der Waals surface area contributed by atoms with Crippen LogP contribution >= 0.6 is 0 Å². The summed E-state index contributed by atoms with van der Waals surface area (Å²) < 4.78 is 10.1. The Morgan fingerprint density at radius 3 is 2.37 bits per heavy atom. The number of carbonyl (C=O) groups excluding carboxylic acids is 5. The average molecular weight is 537 g/mol. The van der Waals surface area contributed by atoms with Crippen molar-refractivity contribution >= 4 is 29.8 Å². The number of carbonyl (C=O) groups is 5. The van der Waals surface area contributed by atoms with E-state index in [-0.39, 0.29) is 37.4 Å². The number of unbranched alkanes of at least 4 members (excludes halogenated alkanes) is 1. The number of nitrogens with zero attached hydrogens (tertiary/aromatic N) is 1. The zero-order valence-corrected chi connectivity index (χ0v) is 22.7. The number of rotatable bonds is 14. The molecule has 0 aromatic heterocycles. The molecule has 12 nitrogen and oxygen atoms in total. The largest absolute Gasteiger partial charge is 0.508 e. The Labute approximate surface area is 223 Å². The van der Waals surface area contributed by atoms with Gasteiger partial charge in [-0.05, 0) is 51.8 Å². The van der Waals surface area contributed by atoms with Gasteiger partial charge in [-0.2, -0.15) is 0 Å². The van der Waals surface area contributed by atoms with E-state index in [1.54, 1.807) is 33.8 Å². The highest BCUT2D eigenvalue weighted by molar-refractivity contribution is 5.94. The second kappa shape index (κ2) is 15.4. The van der Waals surface area contributed by atoms with Crippen molar-refractivity contribution in [1.82, 2.24) is 15.5 Å². The van der Waals surface area contributed by atoms with Crippen LogP contribution in [-0.4, -0.2) is 71.1 Å². The number of alkyl carbamates (subject to hydrolysis) is 1. The SMILES string of the molecule is CCCCN(C(=O)C(CC(N)=O)NC(=O)OC(C)(C)C)C(C(=O)NCCC(=O)OCC)c1cccc(O)c1. The van der Waals surface area contributed by atoms with Crippen LogP contribution < -0.4 is 16.4 Å². The van der Waals surface area contributed by atoms with Gasteiger partial charge in [0.2, 0.25) is 17.7 Å². The fourth-order valence-electron chi connectivity index (χ4n) is 3.53. The molecule has 0 bridgehead atoms. The van der Waals surface area contributed by atoms with Crippen molar-refractivity contribution in [2.45, 2.75) is 78.0 Å². The van der Waals surface area contributed by atoms with Gasteiger partial charge in [0, 0.05) is 13.1 Å². The van der Waals surface area contributed by atoms with Gasteiger partial charge in [0.25, 0.3) is 0 Å². The molecule has 2 unspecified atom stereocenters. The number of amides is 4. The molecule has 0 fully saturated rings. The van der Waals surface area contributed by atoms with Crippen LogP contribution in [0.5, 0.6) is 5.75 Å². The number of hydrogen-bond donors (Lipinski definition) is 4. The molecule has 5 N–H and O–H groups in total. The first-order valence-electron chi connectivity index (χ1n) is 12.6. The lowest BCUT2D eigenvalue weighted by Gasteiger charge is -2.34. The summed E-state index contributed by atoms with van der Waals surface area (Å²) in [5, 5.41) is 15.1. The minimum atomic E-state index is -1.41. The van der Waals surface area contributed by atoms with Crippen molar-refractivity contribution in [1.29, 1.82) is 0 Å². The maximum Gasteiger partial charge on any atom is 0.408 e. The van der Waals surface area contributed by atoms with Crippen molar-refractivity contribution in [3.05, 3.63) is 29.8 Å². The second-order valence-electron chi connectivity index (χ2n) is 9.60. The van der Waals surface area contributed by atoms with E-state index in [1.165, 1.54) is 23.1 Å². The number of aromatic hydroxyl groups is 1. The maximum atomic E-state index is 13.8. The number of nitrogens with one attached hydrogen (secondary N) is 2. The quantitative estimate of drug-likeness (QED) is 0.260. The van der Waals surface area contributed by atoms with Crippen LogP contribution in [0.4, 0.5) is 4.79 Å². The summed E-state index contributed by atoms with van der Waals surface area (Å²) in [5.41, 5.74) is 4.79. The summed E-state index contributed by atoms with van der Waals surface area (Å²) in [6, 6.07) is 3.17. The molecule has 1 aromatic carbocycles. The molecular formula is C26H40N4O8. The molecule has 1 aromatic rings. The Morgan fingerprint density at radius 2 is 1.82 bits per heavy atom. The number of hydrogen-bond acceptors (Lipinski definition) is 8. The summed E-state index contributed by atoms with van der Waals surface area (Å²) in [7, 11) is 0. The monoisotopic (exact) mass is 536 g/mol. The van der Waals surface area contributed by atoms with E-state index < -0.39 is 53.9 Å². The van der Waals surface area contributed by atoms with E-state index in [1.807, 2.05) is 6.92 Å². The highest BCUT2D eigenvalue weighted by Crippen LogP contribution is 2.26. The number of nitrogens with two attached hydrogens (primary N) is 1. The Hall–Kier alpha value is -3.83. The lowest BCUT2D eigenvalue weighted by Crippen LogP contribution is -2.54. The first-order chi connectivity index (χ1) is 17.8. The molecule has 2 atom stereocenters. The van der Waals surface area contributed by atoms with E-state index >= 15 is 0 Å². The van der Waals surface area contributed by atoms with Gasteiger partial charge >= 0.3 is 12.1 Å². The molecule has 212 valence electrons. The summed E-state index contributed by atoms with van der Waals surface area (Å²) in [6.45, 7) is 8.72. The zero-order valence-electron chi connectivity index (χ0n) is 22.7. The van der Waals surface area contributed by atoms with Crippen LogP contribution in [0.1, 0.15) is 71.9 Å². The average Bonchev–Trinajstić information content (AvgIpc) is 2.79. The molecule has 0 saturated heterocycles. The van der Waals surface area contributed by atoms with E-state index in [2.05, 4.69) is 10.6 Å². The molecule has 1 rings (SSSR count). The Morgan fingerprint density at radius 1 is 1.13 bits per heavy atom. The molecule has 38 heavy (non-hydrogen) atoms. The zero-order chi connectivity index (χ0) is 28.9. The Balaban J connectivity index is 3.40. The number of primary amides is 1. The van der Waals surface area contributed by atoms with Gasteiger partial charge in [-0.15, -0.1) is 0 Å². The van der Waals surface area contributed by atoms with Crippen molar-refractivity contribution in [3.8, 4) is 5.75 Å². The third-order valence-corrected chi connectivity index (χ3v) is 5.11. The molecule has 12 heteroatoms. The predicted molar refractivity (Wildman–Crippen MR) is 139 cm³/mol. The first-order valence-corrected chi connectivity index (χ1v) is 12.6. The summed E-state index contributed by atoms with van der Waals surface area (Å²) in [5.74, 6) is -2.84. The van der Waals surface area contributed by atoms with Crippen LogP contribution in [0, 0.1) is 0 Å². The van der Waals surface area contributed by atoms with E-state index in [0.717, 1.165) is 0 Å². The van der Waals surface area contributed by atoms with Crippen molar-refractivity contribution in [2.75, 3.05) is 19.7 Å². The van der Waals surface area contributed by atoms with E-state index in [4.69, 9.17) is 15.2 Å². The fraction of sp³-hybridized carbons (Fsp3) is 0.577. The topological polar surface area (TPSA) is 177 Å². The fourth-order valence-corrected chi connectivity index (χ4v) is 3.53. The minimum absolute atomic E-state index is 0.0519. The smallest absolute Gasteiger partial charge is 0.408 e. The molecule has 0 aliphatic carbocycles. The van der Waals surface area contributed by atoms with Gasteiger partial charge in [-0.1, -0.05) is 25.5 Å². The molecule has 0 aliphatic rings. The second-order valence-corrected chi connectivity index (χ2v) is 9.60. The molecule has 0 spiro atoms. The minimum Gasteiger partial charge on any atom is -0.508 e. The van der Waals surface area contributed by atoms with Gasteiger partial charge < -0.3 is 35.8 Å². The van der Waals surface area contributed by atoms with Gasteiger partial charge in [0.05, 0.1) is 19.4 Å².